The molecule has 1 atom stereocenters. The lowest BCUT2D eigenvalue weighted by atomic mass is 9.71. The van der Waals surface area contributed by atoms with Crippen LogP contribution >= 0.6 is 11.3 Å². The van der Waals surface area contributed by atoms with Crippen molar-refractivity contribution in [2.45, 2.75) is 32.1 Å². The Balaban J connectivity index is 1.51. The molecule has 1 spiro atoms. The minimum atomic E-state index is -0.0811. The molecule has 4 heterocycles. The van der Waals surface area contributed by atoms with E-state index in [2.05, 4.69) is 0 Å². The first kappa shape index (κ1) is 17.0. The van der Waals surface area contributed by atoms with Crippen LogP contribution in [0.5, 0.6) is 0 Å². The summed E-state index contributed by atoms with van der Waals surface area (Å²) in [4.78, 5) is 29.9. The van der Waals surface area contributed by atoms with Crippen molar-refractivity contribution in [2.75, 3.05) is 39.4 Å². The zero-order valence-corrected chi connectivity index (χ0v) is 15.4. The zero-order chi connectivity index (χ0) is 17.3. The van der Waals surface area contributed by atoms with Crippen LogP contribution in [0.3, 0.4) is 0 Å². The quantitative estimate of drug-likeness (QED) is 0.828. The molecule has 3 saturated heterocycles. The molecule has 1 unspecified atom stereocenters. The third-order valence-electron chi connectivity index (χ3n) is 6.14. The van der Waals surface area contributed by atoms with E-state index in [0.717, 1.165) is 44.3 Å². The highest BCUT2D eigenvalue weighted by atomic mass is 32.1. The van der Waals surface area contributed by atoms with Crippen molar-refractivity contribution in [1.82, 2.24) is 9.80 Å². The van der Waals surface area contributed by atoms with Gasteiger partial charge in [0, 0.05) is 44.8 Å². The number of carbonyl (C=O) groups is 2. The Kier molecular flexibility index (Phi) is 4.82. The van der Waals surface area contributed by atoms with Crippen molar-refractivity contribution in [3.05, 3.63) is 22.4 Å². The van der Waals surface area contributed by atoms with Crippen LogP contribution in [0.25, 0.3) is 0 Å². The summed E-state index contributed by atoms with van der Waals surface area (Å²) < 4.78 is 5.56. The fraction of sp³-hybridized carbons (Fsp3) is 0.684. The SMILES string of the molecule is O=C(Cc1ccsc1)N1CC(C(=O)N2CCCC2)C2(CCOCC2)C1. The third kappa shape index (κ3) is 3.34. The molecule has 0 aliphatic carbocycles. The molecule has 1 aromatic heterocycles. The maximum absolute atomic E-state index is 13.2. The fourth-order valence-electron chi connectivity index (χ4n) is 4.62. The standard InChI is InChI=1S/C19H26N2O3S/c22-17(11-15-3-10-25-13-15)21-12-16(18(23)20-6-1-2-7-20)19(14-21)4-8-24-9-5-19/h3,10,13,16H,1-2,4-9,11-12,14H2. The lowest BCUT2D eigenvalue weighted by Crippen LogP contribution is -2.45. The fourth-order valence-corrected chi connectivity index (χ4v) is 5.29. The third-order valence-corrected chi connectivity index (χ3v) is 6.87. The van der Waals surface area contributed by atoms with Crippen molar-refractivity contribution >= 4 is 23.2 Å². The topological polar surface area (TPSA) is 49.9 Å². The maximum Gasteiger partial charge on any atom is 0.228 e. The van der Waals surface area contributed by atoms with Crippen LogP contribution in [0.4, 0.5) is 0 Å². The molecule has 6 heteroatoms. The van der Waals surface area contributed by atoms with Gasteiger partial charge in [0.15, 0.2) is 0 Å². The second-order valence-corrected chi connectivity index (χ2v) is 8.42. The van der Waals surface area contributed by atoms with Gasteiger partial charge in [-0.3, -0.25) is 9.59 Å². The number of thiophene rings is 1. The number of rotatable bonds is 3. The minimum absolute atomic E-state index is 0.0547. The Hall–Kier alpha value is -1.40. The van der Waals surface area contributed by atoms with Gasteiger partial charge in [-0.2, -0.15) is 11.3 Å². The average Bonchev–Trinajstić information content (AvgIpc) is 3.36. The summed E-state index contributed by atoms with van der Waals surface area (Å²) in [5, 5.41) is 4.04. The highest BCUT2D eigenvalue weighted by Crippen LogP contribution is 2.45. The average molecular weight is 362 g/mol. The van der Waals surface area contributed by atoms with E-state index < -0.39 is 0 Å². The Morgan fingerprint density at radius 1 is 1.20 bits per heavy atom. The summed E-state index contributed by atoms with van der Waals surface area (Å²) in [6, 6.07) is 2.01. The van der Waals surface area contributed by atoms with E-state index in [1.807, 2.05) is 26.6 Å². The molecular weight excluding hydrogens is 336 g/mol. The predicted octanol–water partition coefficient (Wildman–Crippen LogP) is 2.17. The minimum Gasteiger partial charge on any atom is -0.381 e. The molecule has 3 fully saturated rings. The summed E-state index contributed by atoms with van der Waals surface area (Å²) >= 11 is 1.62. The molecule has 136 valence electrons. The van der Waals surface area contributed by atoms with E-state index in [0.29, 0.717) is 32.7 Å². The van der Waals surface area contributed by atoms with Crippen molar-refractivity contribution in [2.24, 2.45) is 11.3 Å². The van der Waals surface area contributed by atoms with E-state index in [9.17, 15) is 9.59 Å². The van der Waals surface area contributed by atoms with Crippen molar-refractivity contribution in [3.8, 4) is 0 Å². The van der Waals surface area contributed by atoms with Gasteiger partial charge < -0.3 is 14.5 Å². The Labute approximate surface area is 152 Å². The van der Waals surface area contributed by atoms with E-state index in [1.165, 1.54) is 0 Å². The number of hydrogen-bond donors (Lipinski definition) is 0. The van der Waals surface area contributed by atoms with Crippen molar-refractivity contribution in [1.29, 1.82) is 0 Å². The lowest BCUT2D eigenvalue weighted by molar-refractivity contribution is -0.139. The normalized spacial score (nSPS) is 25.7. The van der Waals surface area contributed by atoms with E-state index >= 15 is 0 Å². The molecule has 5 nitrogen and oxygen atoms in total. The van der Waals surface area contributed by atoms with E-state index in [-0.39, 0.29) is 23.1 Å². The zero-order valence-electron chi connectivity index (χ0n) is 14.6. The number of ether oxygens (including phenoxy) is 1. The first-order valence-corrected chi connectivity index (χ1v) is 10.3. The molecule has 3 aliphatic rings. The summed E-state index contributed by atoms with van der Waals surface area (Å²) in [5.74, 6) is 0.368. The van der Waals surface area contributed by atoms with Gasteiger partial charge in [0.2, 0.25) is 11.8 Å². The second kappa shape index (κ2) is 7.08. The van der Waals surface area contributed by atoms with Crippen LogP contribution in [0, 0.1) is 11.3 Å². The molecule has 0 N–H and O–H groups in total. The Morgan fingerprint density at radius 3 is 2.64 bits per heavy atom. The van der Waals surface area contributed by atoms with Crippen LogP contribution < -0.4 is 0 Å². The first-order chi connectivity index (χ1) is 12.2. The largest absolute Gasteiger partial charge is 0.381 e. The smallest absolute Gasteiger partial charge is 0.228 e. The maximum atomic E-state index is 13.2. The number of carbonyl (C=O) groups excluding carboxylic acids is 2. The molecule has 0 bridgehead atoms. The molecule has 0 radical (unpaired) electrons. The lowest BCUT2D eigenvalue weighted by Gasteiger charge is -2.38. The molecule has 1 aromatic rings. The molecular formula is C19H26N2O3S. The van der Waals surface area contributed by atoms with E-state index in [1.54, 1.807) is 11.3 Å². The highest BCUT2D eigenvalue weighted by molar-refractivity contribution is 7.08. The molecule has 0 saturated carbocycles. The summed E-state index contributed by atoms with van der Waals surface area (Å²) in [6.07, 6.45) is 4.43. The van der Waals surface area contributed by atoms with Gasteiger partial charge in [-0.1, -0.05) is 0 Å². The number of hydrogen-bond acceptors (Lipinski definition) is 4. The molecule has 25 heavy (non-hydrogen) atoms. The highest BCUT2D eigenvalue weighted by Gasteiger charge is 2.52. The van der Waals surface area contributed by atoms with E-state index in [4.69, 9.17) is 4.74 Å². The van der Waals surface area contributed by atoms with Crippen LogP contribution in [0.1, 0.15) is 31.2 Å². The van der Waals surface area contributed by atoms with Crippen LogP contribution in [-0.4, -0.2) is 61.0 Å². The van der Waals surface area contributed by atoms with Gasteiger partial charge in [-0.15, -0.1) is 0 Å². The van der Waals surface area contributed by atoms with Gasteiger partial charge in [0.05, 0.1) is 12.3 Å². The van der Waals surface area contributed by atoms with Gasteiger partial charge >= 0.3 is 0 Å². The Morgan fingerprint density at radius 2 is 1.96 bits per heavy atom. The summed E-state index contributed by atoms with van der Waals surface area (Å²) in [6.45, 7) is 4.46. The van der Waals surface area contributed by atoms with Crippen LogP contribution in [0.15, 0.2) is 16.8 Å². The second-order valence-electron chi connectivity index (χ2n) is 7.64. The van der Waals surface area contributed by atoms with Crippen LogP contribution in [0.2, 0.25) is 0 Å². The number of amides is 2. The predicted molar refractivity (Wildman–Crippen MR) is 96.4 cm³/mol. The molecule has 0 aromatic carbocycles. The molecule has 3 aliphatic heterocycles. The van der Waals surface area contributed by atoms with Gasteiger partial charge in [0.1, 0.15) is 0 Å². The van der Waals surface area contributed by atoms with Crippen LogP contribution in [-0.2, 0) is 20.7 Å². The van der Waals surface area contributed by atoms with Gasteiger partial charge in [0.25, 0.3) is 0 Å². The summed E-state index contributed by atoms with van der Waals surface area (Å²) in [5.41, 5.74) is 0.993. The van der Waals surface area contributed by atoms with Crippen molar-refractivity contribution < 1.29 is 14.3 Å². The molecule has 2 amide bonds. The number of nitrogens with zero attached hydrogens (tertiary/aromatic N) is 2. The van der Waals surface area contributed by atoms with Crippen molar-refractivity contribution in [3.63, 3.8) is 0 Å². The Bertz CT molecular complexity index is 619. The monoisotopic (exact) mass is 362 g/mol. The number of likely N-dealkylation sites (tertiary alicyclic amines) is 2. The summed E-state index contributed by atoms with van der Waals surface area (Å²) in [7, 11) is 0. The van der Waals surface area contributed by atoms with Gasteiger partial charge in [-0.05, 0) is 48.1 Å². The van der Waals surface area contributed by atoms with Gasteiger partial charge in [-0.25, -0.2) is 0 Å². The first-order valence-electron chi connectivity index (χ1n) is 9.33. The molecule has 4 rings (SSSR count).